The van der Waals surface area contributed by atoms with Crippen LogP contribution in [0.4, 0.5) is 0 Å². The Labute approximate surface area is 94.7 Å². The molecule has 0 spiro atoms. The Bertz CT molecular complexity index is 495. The van der Waals surface area contributed by atoms with Crippen LogP contribution in [0.2, 0.25) is 0 Å². The molecule has 3 rings (SSSR count). The first-order valence-corrected chi connectivity index (χ1v) is 5.57. The quantitative estimate of drug-likeness (QED) is 0.768. The number of nitrogens with zero attached hydrogens (tertiary/aromatic N) is 2. The molecule has 0 unspecified atom stereocenters. The van der Waals surface area contributed by atoms with Gasteiger partial charge in [0.1, 0.15) is 11.6 Å². The fraction of sp³-hybridized carbons (Fsp3) is 0.308. The summed E-state index contributed by atoms with van der Waals surface area (Å²) < 4.78 is 7.46. The van der Waals surface area contributed by atoms with E-state index >= 15 is 0 Å². The highest BCUT2D eigenvalue weighted by Crippen LogP contribution is 2.25. The lowest BCUT2D eigenvalue weighted by atomic mass is 10.1. The summed E-state index contributed by atoms with van der Waals surface area (Å²) >= 11 is 0. The Hall–Kier alpha value is -1.77. The summed E-state index contributed by atoms with van der Waals surface area (Å²) in [6.45, 7) is 1.10. The summed E-state index contributed by atoms with van der Waals surface area (Å²) in [6.07, 6.45) is 4.46. The zero-order valence-electron chi connectivity index (χ0n) is 9.31. The zero-order chi connectivity index (χ0) is 11.0. The van der Waals surface area contributed by atoms with Crippen molar-refractivity contribution in [2.75, 3.05) is 7.11 Å². The average Bonchev–Trinajstić information content (AvgIpc) is 2.89. The first-order valence-electron chi connectivity index (χ1n) is 5.57. The molecule has 2 heterocycles. The number of imidazole rings is 1. The third kappa shape index (κ3) is 1.48. The second-order valence-corrected chi connectivity index (χ2v) is 4.07. The van der Waals surface area contributed by atoms with Crippen molar-refractivity contribution >= 4 is 0 Å². The minimum absolute atomic E-state index is 0.880. The van der Waals surface area contributed by atoms with E-state index < -0.39 is 0 Å². The van der Waals surface area contributed by atoms with Gasteiger partial charge in [-0.2, -0.15) is 0 Å². The average molecular weight is 214 g/mol. The minimum atomic E-state index is 0.880. The van der Waals surface area contributed by atoms with Gasteiger partial charge in [-0.15, -0.1) is 0 Å². The van der Waals surface area contributed by atoms with E-state index in [4.69, 9.17) is 4.74 Å². The van der Waals surface area contributed by atoms with Crippen molar-refractivity contribution in [1.82, 2.24) is 9.55 Å². The van der Waals surface area contributed by atoms with Gasteiger partial charge in [0.15, 0.2) is 0 Å². The molecule has 1 aliphatic heterocycles. The maximum atomic E-state index is 5.22. The van der Waals surface area contributed by atoms with E-state index in [1.165, 1.54) is 12.2 Å². The molecule has 0 saturated carbocycles. The summed E-state index contributed by atoms with van der Waals surface area (Å²) in [5.41, 5.74) is 2.18. The van der Waals surface area contributed by atoms with Gasteiger partial charge in [0.25, 0.3) is 0 Å². The topological polar surface area (TPSA) is 27.1 Å². The van der Waals surface area contributed by atoms with Gasteiger partial charge >= 0.3 is 0 Å². The van der Waals surface area contributed by atoms with E-state index in [1.54, 1.807) is 7.11 Å². The summed E-state index contributed by atoms with van der Waals surface area (Å²) in [5, 5.41) is 0. The number of aromatic nitrogens is 2. The molecule has 0 aliphatic carbocycles. The molecule has 0 amide bonds. The van der Waals surface area contributed by atoms with Crippen molar-refractivity contribution in [3.8, 4) is 17.0 Å². The number of benzene rings is 1. The van der Waals surface area contributed by atoms with Crippen molar-refractivity contribution in [2.45, 2.75) is 19.4 Å². The summed E-state index contributed by atoms with van der Waals surface area (Å²) in [7, 11) is 1.69. The van der Waals surface area contributed by atoms with Crippen LogP contribution in [0.1, 0.15) is 12.2 Å². The smallest absolute Gasteiger partial charge is 0.119 e. The highest BCUT2D eigenvalue weighted by molar-refractivity contribution is 5.60. The predicted molar refractivity (Wildman–Crippen MR) is 62.5 cm³/mol. The molecule has 0 bridgehead atoms. The standard InChI is InChI=1S/C13H14N2O/c1-16-11-5-2-4-10(8-11)12-9-15-7-3-6-13(15)14-12/h2,4-5,8-9H,3,6-7H2,1H3. The van der Waals surface area contributed by atoms with Crippen molar-refractivity contribution < 1.29 is 4.74 Å². The first-order chi connectivity index (χ1) is 7.86. The second kappa shape index (κ2) is 3.67. The van der Waals surface area contributed by atoms with Gasteiger partial charge in [0.2, 0.25) is 0 Å². The fourth-order valence-electron chi connectivity index (χ4n) is 2.18. The molecule has 0 fully saturated rings. The van der Waals surface area contributed by atoms with E-state index in [-0.39, 0.29) is 0 Å². The van der Waals surface area contributed by atoms with E-state index in [1.807, 2.05) is 18.2 Å². The summed E-state index contributed by atoms with van der Waals surface area (Å²) in [4.78, 5) is 4.64. The van der Waals surface area contributed by atoms with Crippen LogP contribution in [-0.4, -0.2) is 16.7 Å². The first kappa shape index (κ1) is 9.46. The van der Waals surface area contributed by atoms with Crippen molar-refractivity contribution in [1.29, 1.82) is 0 Å². The SMILES string of the molecule is COc1cccc(-c2cn3c(n2)CCC3)c1. The molecule has 2 aromatic rings. The van der Waals surface area contributed by atoms with Crippen LogP contribution in [-0.2, 0) is 13.0 Å². The number of rotatable bonds is 2. The maximum Gasteiger partial charge on any atom is 0.119 e. The van der Waals surface area contributed by atoms with Crippen LogP contribution in [0.15, 0.2) is 30.5 Å². The van der Waals surface area contributed by atoms with Crippen LogP contribution in [0.5, 0.6) is 5.75 Å². The lowest BCUT2D eigenvalue weighted by Crippen LogP contribution is -1.87. The van der Waals surface area contributed by atoms with Gasteiger partial charge in [-0.25, -0.2) is 4.98 Å². The lowest BCUT2D eigenvalue weighted by Gasteiger charge is -2.01. The third-order valence-electron chi connectivity index (χ3n) is 3.02. The Kier molecular flexibility index (Phi) is 2.17. The maximum absolute atomic E-state index is 5.22. The predicted octanol–water partition coefficient (Wildman–Crippen LogP) is 2.50. The Morgan fingerprint density at radius 2 is 2.31 bits per heavy atom. The van der Waals surface area contributed by atoms with Gasteiger partial charge in [0.05, 0.1) is 12.8 Å². The number of fused-ring (bicyclic) bond motifs is 1. The van der Waals surface area contributed by atoms with Gasteiger partial charge in [0, 0.05) is 24.7 Å². The van der Waals surface area contributed by atoms with Gasteiger partial charge in [-0.3, -0.25) is 0 Å². The number of hydrogen-bond donors (Lipinski definition) is 0. The van der Waals surface area contributed by atoms with Crippen LogP contribution in [0.3, 0.4) is 0 Å². The summed E-state index contributed by atoms with van der Waals surface area (Å²) in [5.74, 6) is 2.09. The molecule has 3 nitrogen and oxygen atoms in total. The monoisotopic (exact) mass is 214 g/mol. The molecule has 1 aliphatic rings. The molecule has 82 valence electrons. The number of methoxy groups -OCH3 is 1. The van der Waals surface area contributed by atoms with E-state index in [0.29, 0.717) is 0 Å². The van der Waals surface area contributed by atoms with Crippen LogP contribution >= 0.6 is 0 Å². The second-order valence-electron chi connectivity index (χ2n) is 4.07. The Morgan fingerprint density at radius 3 is 3.12 bits per heavy atom. The number of hydrogen-bond acceptors (Lipinski definition) is 2. The lowest BCUT2D eigenvalue weighted by molar-refractivity contribution is 0.415. The molecule has 0 radical (unpaired) electrons. The molecule has 16 heavy (non-hydrogen) atoms. The molecular formula is C13H14N2O. The van der Waals surface area contributed by atoms with Crippen molar-refractivity contribution in [3.63, 3.8) is 0 Å². The van der Waals surface area contributed by atoms with E-state index in [2.05, 4.69) is 21.8 Å². The Morgan fingerprint density at radius 1 is 1.38 bits per heavy atom. The number of aryl methyl sites for hydroxylation is 2. The third-order valence-corrected chi connectivity index (χ3v) is 3.02. The van der Waals surface area contributed by atoms with E-state index in [0.717, 1.165) is 30.0 Å². The molecule has 0 atom stereocenters. The molecule has 1 aromatic heterocycles. The zero-order valence-corrected chi connectivity index (χ0v) is 9.31. The fourth-order valence-corrected chi connectivity index (χ4v) is 2.18. The van der Waals surface area contributed by atoms with Crippen LogP contribution in [0.25, 0.3) is 11.3 Å². The Balaban J connectivity index is 2.01. The minimum Gasteiger partial charge on any atom is -0.497 e. The van der Waals surface area contributed by atoms with Crippen LogP contribution < -0.4 is 4.74 Å². The van der Waals surface area contributed by atoms with Crippen LogP contribution in [0, 0.1) is 0 Å². The molecule has 0 N–H and O–H groups in total. The highest BCUT2D eigenvalue weighted by atomic mass is 16.5. The van der Waals surface area contributed by atoms with Crippen molar-refractivity contribution in [2.24, 2.45) is 0 Å². The van der Waals surface area contributed by atoms with E-state index in [9.17, 15) is 0 Å². The van der Waals surface area contributed by atoms with Gasteiger partial charge < -0.3 is 9.30 Å². The highest BCUT2D eigenvalue weighted by Gasteiger charge is 2.14. The molecular weight excluding hydrogens is 200 g/mol. The largest absolute Gasteiger partial charge is 0.497 e. The number of ether oxygens (including phenoxy) is 1. The van der Waals surface area contributed by atoms with Gasteiger partial charge in [-0.05, 0) is 18.6 Å². The van der Waals surface area contributed by atoms with Crippen molar-refractivity contribution in [3.05, 3.63) is 36.3 Å². The van der Waals surface area contributed by atoms with Gasteiger partial charge in [-0.1, -0.05) is 12.1 Å². The molecule has 3 heteroatoms. The molecule has 1 aromatic carbocycles. The summed E-state index contributed by atoms with van der Waals surface area (Å²) in [6, 6.07) is 8.05. The normalized spacial score (nSPS) is 13.8. The molecule has 0 saturated heterocycles.